The Bertz CT molecular complexity index is 1120. The van der Waals surface area contributed by atoms with E-state index in [1.165, 1.54) is 35.9 Å². The highest BCUT2D eigenvalue weighted by molar-refractivity contribution is 7.92. The number of hydrogen-bond acceptors (Lipinski definition) is 4. The van der Waals surface area contributed by atoms with E-state index in [0.717, 1.165) is 0 Å². The highest BCUT2D eigenvalue weighted by Crippen LogP contribution is 2.33. The van der Waals surface area contributed by atoms with Gasteiger partial charge in [0.1, 0.15) is 4.90 Å². The fraction of sp³-hybridized carbons (Fsp3) is 0.0714. The van der Waals surface area contributed by atoms with E-state index in [2.05, 4.69) is 4.72 Å². The van der Waals surface area contributed by atoms with Crippen LogP contribution < -0.4 is 10.5 Å². The third-order valence-electron chi connectivity index (χ3n) is 3.33. The van der Waals surface area contributed by atoms with Gasteiger partial charge in [-0.2, -0.15) is 0 Å². The molecule has 0 saturated carbocycles. The van der Waals surface area contributed by atoms with Crippen molar-refractivity contribution in [1.29, 1.82) is 0 Å². The lowest BCUT2D eigenvalue weighted by Crippen LogP contribution is -2.14. The van der Waals surface area contributed by atoms with Crippen LogP contribution in [0.1, 0.15) is 0 Å². The summed E-state index contributed by atoms with van der Waals surface area (Å²) < 4.78 is 33.7. The molecule has 1 N–H and O–H groups in total. The van der Waals surface area contributed by atoms with Crippen molar-refractivity contribution < 1.29 is 12.8 Å². The Morgan fingerprint density at radius 1 is 1.12 bits per heavy atom. The van der Waals surface area contributed by atoms with Gasteiger partial charge in [0.25, 0.3) is 10.0 Å². The number of aromatic nitrogens is 1. The molecule has 0 aliphatic heterocycles. The summed E-state index contributed by atoms with van der Waals surface area (Å²) in [7, 11) is -2.59. The Balaban J connectivity index is 2.13. The van der Waals surface area contributed by atoms with Crippen LogP contribution >= 0.6 is 34.8 Å². The molecule has 0 bridgehead atoms. The molecule has 3 rings (SSSR count). The second kappa shape index (κ2) is 6.00. The molecular weight excluding hydrogens is 399 g/mol. The topological polar surface area (TPSA) is 81.3 Å². The lowest BCUT2D eigenvalue weighted by molar-refractivity contribution is 0.527. The first kappa shape index (κ1) is 17.2. The van der Waals surface area contributed by atoms with E-state index in [1.807, 2.05) is 0 Å². The van der Waals surface area contributed by atoms with Crippen molar-refractivity contribution >= 4 is 61.6 Å². The number of rotatable bonds is 3. The summed E-state index contributed by atoms with van der Waals surface area (Å²) in [6.45, 7) is 0. The molecule has 0 unspecified atom stereocenters. The maximum atomic E-state index is 12.6. The van der Waals surface area contributed by atoms with Gasteiger partial charge >= 0.3 is 5.76 Å². The number of oxazole rings is 1. The molecule has 1 heterocycles. The van der Waals surface area contributed by atoms with Crippen molar-refractivity contribution in [2.75, 3.05) is 4.72 Å². The highest BCUT2D eigenvalue weighted by Gasteiger charge is 2.22. The Kier molecular flexibility index (Phi) is 4.29. The summed E-state index contributed by atoms with van der Waals surface area (Å²) >= 11 is 17.9. The predicted molar refractivity (Wildman–Crippen MR) is 93.7 cm³/mol. The lowest BCUT2D eigenvalue weighted by Gasteiger charge is -2.11. The van der Waals surface area contributed by atoms with Crippen LogP contribution in [0, 0.1) is 0 Å². The maximum Gasteiger partial charge on any atom is 0.419 e. The molecule has 0 amide bonds. The van der Waals surface area contributed by atoms with Gasteiger partial charge in [-0.15, -0.1) is 0 Å². The standard InChI is InChI=1S/C14H9Cl3N2O4S/c1-19-10-5-8(16)12(6-11(10)23-14(19)20)24(21,22)18-9-4-2-3-7(15)13(9)17/h2-6,18H,1H3. The van der Waals surface area contributed by atoms with Crippen LogP contribution in [-0.2, 0) is 17.1 Å². The van der Waals surface area contributed by atoms with Gasteiger partial charge in [0.05, 0.1) is 26.3 Å². The number of nitrogens with one attached hydrogen (secondary N) is 1. The molecule has 126 valence electrons. The zero-order chi connectivity index (χ0) is 17.6. The lowest BCUT2D eigenvalue weighted by atomic mass is 10.3. The third kappa shape index (κ3) is 2.88. The van der Waals surface area contributed by atoms with E-state index >= 15 is 0 Å². The first-order valence-electron chi connectivity index (χ1n) is 6.46. The SMILES string of the molecule is Cn1c(=O)oc2cc(S(=O)(=O)Nc3cccc(Cl)c3Cl)c(Cl)cc21. The van der Waals surface area contributed by atoms with Gasteiger partial charge in [-0.1, -0.05) is 40.9 Å². The van der Waals surface area contributed by atoms with Crippen LogP contribution in [0.15, 0.2) is 44.4 Å². The van der Waals surface area contributed by atoms with E-state index in [0.29, 0.717) is 5.52 Å². The molecule has 0 radical (unpaired) electrons. The fourth-order valence-corrected chi connectivity index (χ4v) is 4.13. The molecule has 0 aliphatic rings. The average Bonchev–Trinajstić information content (AvgIpc) is 2.78. The number of anilines is 1. The Labute approximate surface area is 151 Å². The van der Waals surface area contributed by atoms with E-state index < -0.39 is 15.8 Å². The van der Waals surface area contributed by atoms with Crippen LogP contribution in [-0.4, -0.2) is 13.0 Å². The Hall–Kier alpha value is -1.67. The Morgan fingerprint density at radius 3 is 2.54 bits per heavy atom. The van der Waals surface area contributed by atoms with Crippen molar-refractivity contribution in [3.8, 4) is 0 Å². The largest absolute Gasteiger partial charge is 0.419 e. The van der Waals surface area contributed by atoms with Crippen molar-refractivity contribution in [2.24, 2.45) is 7.05 Å². The second-order valence-electron chi connectivity index (χ2n) is 4.88. The number of benzene rings is 2. The van der Waals surface area contributed by atoms with Gasteiger partial charge < -0.3 is 4.42 Å². The van der Waals surface area contributed by atoms with E-state index in [-0.39, 0.29) is 31.2 Å². The van der Waals surface area contributed by atoms with Crippen LogP contribution in [0.25, 0.3) is 11.1 Å². The molecule has 3 aromatic rings. The van der Waals surface area contributed by atoms with Gasteiger partial charge in [-0.05, 0) is 18.2 Å². The first-order chi connectivity index (χ1) is 11.2. The minimum atomic E-state index is -4.07. The van der Waals surface area contributed by atoms with Gasteiger partial charge in [0.15, 0.2) is 5.58 Å². The summed E-state index contributed by atoms with van der Waals surface area (Å²) in [5, 5.41) is 0.197. The van der Waals surface area contributed by atoms with Gasteiger partial charge in [0, 0.05) is 13.1 Å². The minimum Gasteiger partial charge on any atom is -0.408 e. The summed E-state index contributed by atoms with van der Waals surface area (Å²) in [4.78, 5) is 11.3. The number of halogens is 3. The third-order valence-corrected chi connectivity index (χ3v) is 5.98. The predicted octanol–water partition coefficient (Wildman–Crippen LogP) is 3.89. The van der Waals surface area contributed by atoms with Crippen molar-refractivity contribution in [3.05, 3.63) is 56.0 Å². The molecule has 0 saturated heterocycles. The molecule has 0 aliphatic carbocycles. The molecule has 0 atom stereocenters. The molecule has 1 aromatic heterocycles. The summed E-state index contributed by atoms with van der Waals surface area (Å²) in [5.74, 6) is -0.624. The summed E-state index contributed by atoms with van der Waals surface area (Å²) in [6, 6.07) is 7.06. The molecule has 6 nitrogen and oxygen atoms in total. The Morgan fingerprint density at radius 2 is 1.83 bits per heavy atom. The molecule has 2 aromatic carbocycles. The average molecular weight is 408 g/mol. The van der Waals surface area contributed by atoms with E-state index in [4.69, 9.17) is 39.2 Å². The zero-order valence-corrected chi connectivity index (χ0v) is 15.1. The molecule has 0 fully saturated rings. The zero-order valence-electron chi connectivity index (χ0n) is 12.0. The number of hydrogen-bond donors (Lipinski definition) is 1. The monoisotopic (exact) mass is 406 g/mol. The van der Waals surface area contributed by atoms with Crippen LogP contribution in [0.5, 0.6) is 0 Å². The van der Waals surface area contributed by atoms with Crippen LogP contribution in [0.2, 0.25) is 15.1 Å². The van der Waals surface area contributed by atoms with Gasteiger partial charge in [0.2, 0.25) is 0 Å². The van der Waals surface area contributed by atoms with Gasteiger partial charge in [-0.3, -0.25) is 9.29 Å². The summed E-state index contributed by atoms with van der Waals surface area (Å²) in [5.41, 5.74) is 0.587. The van der Waals surface area contributed by atoms with Crippen LogP contribution in [0.4, 0.5) is 5.69 Å². The molecule has 0 spiro atoms. The van der Waals surface area contributed by atoms with Crippen molar-refractivity contribution in [3.63, 3.8) is 0 Å². The minimum absolute atomic E-state index is 0.0613. The summed E-state index contributed by atoms with van der Waals surface area (Å²) in [6.07, 6.45) is 0. The molecular formula is C14H9Cl3N2O4S. The molecule has 10 heteroatoms. The number of fused-ring (bicyclic) bond motifs is 1. The maximum absolute atomic E-state index is 12.6. The normalized spacial score (nSPS) is 11.8. The van der Waals surface area contributed by atoms with Crippen molar-refractivity contribution in [2.45, 2.75) is 4.90 Å². The molecule has 24 heavy (non-hydrogen) atoms. The number of nitrogens with zero attached hydrogens (tertiary/aromatic N) is 1. The number of aryl methyl sites for hydroxylation is 1. The van der Waals surface area contributed by atoms with E-state index in [1.54, 1.807) is 6.07 Å². The van der Waals surface area contributed by atoms with Crippen molar-refractivity contribution in [1.82, 2.24) is 4.57 Å². The van der Waals surface area contributed by atoms with Gasteiger partial charge in [-0.25, -0.2) is 13.2 Å². The first-order valence-corrected chi connectivity index (χ1v) is 9.08. The fourth-order valence-electron chi connectivity index (χ4n) is 2.12. The smallest absolute Gasteiger partial charge is 0.408 e. The quantitative estimate of drug-likeness (QED) is 0.714. The van der Waals surface area contributed by atoms with Crippen LogP contribution in [0.3, 0.4) is 0 Å². The number of sulfonamides is 1. The second-order valence-corrected chi connectivity index (χ2v) is 7.73. The van der Waals surface area contributed by atoms with E-state index in [9.17, 15) is 13.2 Å². The highest BCUT2D eigenvalue weighted by atomic mass is 35.5.